The summed E-state index contributed by atoms with van der Waals surface area (Å²) in [7, 11) is 0. The van der Waals surface area contributed by atoms with Gasteiger partial charge in [-0.1, -0.05) is 0 Å². The summed E-state index contributed by atoms with van der Waals surface area (Å²) in [5.74, 6) is 0.993. The van der Waals surface area contributed by atoms with Gasteiger partial charge in [-0.15, -0.1) is 0 Å². The number of piperidine rings is 1. The van der Waals surface area contributed by atoms with Crippen LogP contribution in [0.3, 0.4) is 0 Å². The number of hydrogen-bond acceptors (Lipinski definition) is 6. The maximum Gasteiger partial charge on any atom is 0.244 e. The summed E-state index contributed by atoms with van der Waals surface area (Å²) in [4.78, 5) is 23.7. The molecular formula is C14H16N2O4S. The molecule has 2 aliphatic heterocycles. The maximum absolute atomic E-state index is 11.7. The number of rotatable bonds is 3. The summed E-state index contributed by atoms with van der Waals surface area (Å²) in [6.45, 7) is 1.30. The van der Waals surface area contributed by atoms with Gasteiger partial charge in [0.05, 0.1) is 19.3 Å². The lowest BCUT2D eigenvalue weighted by Gasteiger charge is -2.21. The van der Waals surface area contributed by atoms with Gasteiger partial charge in [0.25, 0.3) is 0 Å². The van der Waals surface area contributed by atoms with Gasteiger partial charge in [-0.2, -0.15) is 0 Å². The van der Waals surface area contributed by atoms with Gasteiger partial charge in [-0.25, -0.2) is 4.72 Å². The van der Waals surface area contributed by atoms with E-state index in [4.69, 9.17) is 9.47 Å². The van der Waals surface area contributed by atoms with E-state index in [1.54, 1.807) is 0 Å². The normalized spacial score (nSPS) is 21.6. The molecule has 7 heteroatoms. The molecule has 0 aliphatic carbocycles. The fourth-order valence-electron chi connectivity index (χ4n) is 2.15. The van der Waals surface area contributed by atoms with E-state index in [1.165, 1.54) is 11.9 Å². The Hall–Kier alpha value is -1.73. The number of carbonyl (C=O) groups excluding carboxylic acids is 2. The van der Waals surface area contributed by atoms with Gasteiger partial charge < -0.3 is 9.47 Å². The van der Waals surface area contributed by atoms with E-state index in [1.807, 2.05) is 18.2 Å². The van der Waals surface area contributed by atoms with E-state index in [0.717, 1.165) is 22.8 Å². The van der Waals surface area contributed by atoms with Crippen LogP contribution in [0.5, 0.6) is 11.5 Å². The van der Waals surface area contributed by atoms with Gasteiger partial charge in [0.15, 0.2) is 11.5 Å². The molecule has 1 aromatic rings. The topological polar surface area (TPSA) is 76.7 Å². The molecule has 1 atom stereocenters. The maximum atomic E-state index is 11.7. The highest BCUT2D eigenvalue weighted by molar-refractivity contribution is 7.97. The first-order valence-electron chi connectivity index (χ1n) is 6.88. The largest absolute Gasteiger partial charge is 0.490 e. The van der Waals surface area contributed by atoms with Gasteiger partial charge in [0.2, 0.25) is 11.8 Å². The minimum absolute atomic E-state index is 0.210. The van der Waals surface area contributed by atoms with Gasteiger partial charge in [-0.05, 0) is 36.6 Å². The van der Waals surface area contributed by atoms with Crippen LogP contribution in [0.2, 0.25) is 0 Å². The van der Waals surface area contributed by atoms with E-state index in [9.17, 15) is 9.59 Å². The van der Waals surface area contributed by atoms with E-state index >= 15 is 0 Å². The Morgan fingerprint density at radius 2 is 2.00 bits per heavy atom. The predicted molar refractivity (Wildman–Crippen MR) is 77.2 cm³/mol. The number of fused-ring (bicyclic) bond motifs is 1. The number of benzene rings is 1. The van der Waals surface area contributed by atoms with Crippen LogP contribution in [0.25, 0.3) is 0 Å². The minimum Gasteiger partial charge on any atom is -0.490 e. The minimum atomic E-state index is -0.358. The molecular weight excluding hydrogens is 292 g/mol. The van der Waals surface area contributed by atoms with Crippen LogP contribution in [0.1, 0.15) is 19.3 Å². The molecule has 1 aromatic carbocycles. The molecule has 0 saturated carbocycles. The summed E-state index contributed by atoms with van der Waals surface area (Å²) in [6, 6.07) is 5.32. The Kier molecular flexibility index (Phi) is 4.31. The lowest BCUT2D eigenvalue weighted by Crippen LogP contribution is -2.48. The quantitative estimate of drug-likeness (QED) is 0.646. The molecule has 2 amide bonds. The lowest BCUT2D eigenvalue weighted by atomic mass is 10.1. The summed E-state index contributed by atoms with van der Waals surface area (Å²) >= 11 is 1.35. The SMILES string of the molecule is O=C1CCC(NSc2ccc3c(c2)OCCCO3)C(=O)N1. The molecule has 2 aliphatic rings. The van der Waals surface area contributed by atoms with Crippen LogP contribution in [-0.4, -0.2) is 31.1 Å². The molecule has 2 N–H and O–H groups in total. The third-order valence-electron chi connectivity index (χ3n) is 3.28. The molecule has 0 spiro atoms. The molecule has 2 heterocycles. The fraction of sp³-hybridized carbons (Fsp3) is 0.429. The van der Waals surface area contributed by atoms with Crippen molar-refractivity contribution in [3.8, 4) is 11.5 Å². The zero-order valence-electron chi connectivity index (χ0n) is 11.4. The van der Waals surface area contributed by atoms with Crippen molar-refractivity contribution in [1.82, 2.24) is 10.0 Å². The highest BCUT2D eigenvalue weighted by Crippen LogP contribution is 2.33. The standard InChI is InChI=1S/C14H16N2O4S/c17-13-5-3-10(14(18)15-13)16-21-9-2-4-11-12(8-9)20-7-1-6-19-11/h2,4,8,10,16H,1,3,5-7H2,(H,15,17,18). The van der Waals surface area contributed by atoms with Crippen LogP contribution in [-0.2, 0) is 9.59 Å². The second kappa shape index (κ2) is 6.36. The highest BCUT2D eigenvalue weighted by atomic mass is 32.2. The molecule has 1 unspecified atom stereocenters. The predicted octanol–water partition coefficient (Wildman–Crippen LogP) is 1.25. The van der Waals surface area contributed by atoms with Crippen LogP contribution in [0, 0.1) is 0 Å². The number of hydrogen-bond donors (Lipinski definition) is 2. The average molecular weight is 308 g/mol. The highest BCUT2D eigenvalue weighted by Gasteiger charge is 2.26. The van der Waals surface area contributed by atoms with Gasteiger partial charge in [-0.3, -0.25) is 14.9 Å². The first-order valence-corrected chi connectivity index (χ1v) is 7.70. The van der Waals surface area contributed by atoms with E-state index in [2.05, 4.69) is 10.0 Å². The van der Waals surface area contributed by atoms with Crippen molar-refractivity contribution in [1.29, 1.82) is 0 Å². The van der Waals surface area contributed by atoms with E-state index < -0.39 is 0 Å². The Balaban J connectivity index is 1.62. The number of ether oxygens (including phenoxy) is 2. The first kappa shape index (κ1) is 14.2. The molecule has 3 rings (SSSR count). The lowest BCUT2D eigenvalue weighted by molar-refractivity contribution is -0.134. The second-order valence-corrected chi connectivity index (χ2v) is 5.79. The van der Waals surface area contributed by atoms with Crippen molar-refractivity contribution in [2.75, 3.05) is 13.2 Å². The zero-order valence-corrected chi connectivity index (χ0v) is 12.2. The Morgan fingerprint density at radius 3 is 2.81 bits per heavy atom. The third-order valence-corrected chi connectivity index (χ3v) is 4.17. The second-order valence-electron chi connectivity index (χ2n) is 4.88. The van der Waals surface area contributed by atoms with Gasteiger partial charge in [0, 0.05) is 17.7 Å². The molecule has 21 heavy (non-hydrogen) atoms. The zero-order chi connectivity index (χ0) is 14.7. The third kappa shape index (κ3) is 3.48. The first-order chi connectivity index (χ1) is 10.2. The average Bonchev–Trinajstić information content (AvgIpc) is 2.71. The summed E-state index contributed by atoms with van der Waals surface area (Å²) in [5, 5.41) is 2.33. The molecule has 0 aromatic heterocycles. The number of nitrogens with one attached hydrogen (secondary N) is 2. The van der Waals surface area contributed by atoms with Crippen LogP contribution < -0.4 is 19.5 Å². The molecule has 112 valence electrons. The Bertz CT molecular complexity index is 564. The smallest absolute Gasteiger partial charge is 0.244 e. The molecule has 1 saturated heterocycles. The monoisotopic (exact) mass is 308 g/mol. The van der Waals surface area contributed by atoms with Crippen LogP contribution in [0.15, 0.2) is 23.1 Å². The van der Waals surface area contributed by atoms with Crippen LogP contribution >= 0.6 is 11.9 Å². The number of amides is 2. The molecule has 0 radical (unpaired) electrons. The Labute approximate surface area is 126 Å². The molecule has 6 nitrogen and oxygen atoms in total. The van der Waals surface area contributed by atoms with E-state index in [-0.39, 0.29) is 17.9 Å². The van der Waals surface area contributed by atoms with Crippen molar-refractivity contribution in [3.05, 3.63) is 18.2 Å². The summed E-state index contributed by atoms with van der Waals surface area (Å²) in [5.41, 5.74) is 0. The molecule has 0 bridgehead atoms. The van der Waals surface area contributed by atoms with E-state index in [0.29, 0.717) is 26.1 Å². The molecule has 1 fully saturated rings. The number of carbonyl (C=O) groups is 2. The Morgan fingerprint density at radius 1 is 1.19 bits per heavy atom. The summed E-state index contributed by atoms with van der Waals surface area (Å²) < 4.78 is 14.3. The van der Waals surface area contributed by atoms with Crippen molar-refractivity contribution in [3.63, 3.8) is 0 Å². The van der Waals surface area contributed by atoms with Gasteiger partial charge in [0.1, 0.15) is 0 Å². The van der Waals surface area contributed by atoms with Crippen LogP contribution in [0.4, 0.5) is 0 Å². The van der Waals surface area contributed by atoms with Crippen molar-refractivity contribution in [2.45, 2.75) is 30.2 Å². The fourth-order valence-corrected chi connectivity index (χ4v) is 2.96. The summed E-state index contributed by atoms with van der Waals surface area (Å²) in [6.07, 6.45) is 1.75. The number of imide groups is 1. The van der Waals surface area contributed by atoms with Gasteiger partial charge >= 0.3 is 0 Å². The van der Waals surface area contributed by atoms with Crippen molar-refractivity contribution < 1.29 is 19.1 Å². The van der Waals surface area contributed by atoms with Crippen molar-refractivity contribution >= 4 is 23.8 Å². The van der Waals surface area contributed by atoms with Crippen molar-refractivity contribution in [2.24, 2.45) is 0 Å².